The van der Waals surface area contributed by atoms with E-state index in [-0.39, 0.29) is 30.3 Å². The van der Waals surface area contributed by atoms with E-state index < -0.39 is 11.6 Å². The number of carboxylic acid groups (broad SMARTS) is 1. The van der Waals surface area contributed by atoms with E-state index in [2.05, 4.69) is 26.8 Å². The standard InChI is InChI=1S/C33H56O7/c1-26(25-39-30-13-7-10-22-37-30)15-19-32(2,3)20-17-28(40-31-14-8-11-23-38-31)27-16-21-33(36,24-27)18-9-5-4-6-12-29(34)35/h5,9,17,26-27,30-31,36H,4,6-8,10-16,18-25H2,1-3H3,(H,34,35)/t26?,27-,30?,31+,33-/m1/s1. The third kappa shape index (κ3) is 12.6. The topological polar surface area (TPSA) is 94.5 Å². The first-order valence-corrected chi connectivity index (χ1v) is 15.9. The first-order valence-electron chi connectivity index (χ1n) is 15.9. The Morgan fingerprint density at radius 1 is 1.07 bits per heavy atom. The van der Waals surface area contributed by atoms with Crippen LogP contribution in [-0.4, -0.2) is 54.2 Å². The van der Waals surface area contributed by atoms with Gasteiger partial charge in [0.25, 0.3) is 0 Å². The van der Waals surface area contributed by atoms with Crippen LogP contribution in [0.4, 0.5) is 0 Å². The number of rotatable bonds is 17. The Labute approximate surface area is 242 Å². The highest BCUT2D eigenvalue weighted by atomic mass is 16.7. The van der Waals surface area contributed by atoms with Gasteiger partial charge < -0.3 is 29.2 Å². The molecule has 2 heterocycles. The summed E-state index contributed by atoms with van der Waals surface area (Å²) in [7, 11) is 0. The lowest BCUT2D eigenvalue weighted by Gasteiger charge is -2.30. The SMILES string of the molecule is CC(CCC(C)(C)CC=C(O[C@H]1CCCCO1)[C@@H]1CC[C@](O)(CC=CCCCC(=O)O)C1)COC1CCCCO1. The zero-order chi connectivity index (χ0) is 28.8. The summed E-state index contributed by atoms with van der Waals surface area (Å²) in [6.07, 6.45) is 20.2. The molecule has 0 amide bonds. The zero-order valence-corrected chi connectivity index (χ0v) is 25.4. The molecular weight excluding hydrogens is 508 g/mol. The van der Waals surface area contributed by atoms with Crippen molar-refractivity contribution in [2.24, 2.45) is 17.3 Å². The largest absolute Gasteiger partial charge is 0.481 e. The highest BCUT2D eigenvalue weighted by molar-refractivity contribution is 5.66. The van der Waals surface area contributed by atoms with Crippen molar-refractivity contribution in [3.05, 3.63) is 24.0 Å². The Balaban J connectivity index is 1.51. The molecule has 0 aromatic carbocycles. The van der Waals surface area contributed by atoms with Crippen LogP contribution in [0.3, 0.4) is 0 Å². The van der Waals surface area contributed by atoms with E-state index in [1.54, 1.807) is 0 Å². The van der Waals surface area contributed by atoms with Crippen LogP contribution in [0.15, 0.2) is 24.0 Å². The summed E-state index contributed by atoms with van der Waals surface area (Å²) < 4.78 is 24.2. The van der Waals surface area contributed by atoms with E-state index in [1.807, 2.05) is 12.2 Å². The molecule has 2 aliphatic heterocycles. The predicted octanol–water partition coefficient (Wildman–Crippen LogP) is 7.52. The minimum Gasteiger partial charge on any atom is -0.481 e. The lowest BCUT2D eigenvalue weighted by atomic mass is 9.81. The van der Waals surface area contributed by atoms with Crippen molar-refractivity contribution in [3.63, 3.8) is 0 Å². The molecule has 1 saturated carbocycles. The average Bonchev–Trinajstić information content (AvgIpc) is 3.33. The number of unbranched alkanes of at least 4 members (excludes halogenated alkanes) is 1. The van der Waals surface area contributed by atoms with E-state index in [0.29, 0.717) is 25.2 Å². The van der Waals surface area contributed by atoms with Gasteiger partial charge >= 0.3 is 5.97 Å². The van der Waals surface area contributed by atoms with Gasteiger partial charge in [-0.3, -0.25) is 4.79 Å². The van der Waals surface area contributed by atoms with Gasteiger partial charge in [0, 0.05) is 25.4 Å². The van der Waals surface area contributed by atoms with Gasteiger partial charge in [0.15, 0.2) is 12.6 Å². The molecule has 230 valence electrons. The monoisotopic (exact) mass is 564 g/mol. The summed E-state index contributed by atoms with van der Waals surface area (Å²) in [5, 5.41) is 20.1. The Bertz CT molecular complexity index is 795. The molecule has 0 aromatic rings. The highest BCUT2D eigenvalue weighted by Crippen LogP contribution is 2.43. The summed E-state index contributed by atoms with van der Waals surface area (Å²) in [5.41, 5.74) is -0.609. The van der Waals surface area contributed by atoms with Gasteiger partial charge in [0.1, 0.15) is 0 Å². The van der Waals surface area contributed by atoms with E-state index in [1.165, 1.54) is 6.42 Å². The molecule has 0 radical (unpaired) electrons. The van der Waals surface area contributed by atoms with Gasteiger partial charge in [-0.15, -0.1) is 0 Å². The van der Waals surface area contributed by atoms with Crippen LogP contribution < -0.4 is 0 Å². The average molecular weight is 565 g/mol. The van der Waals surface area contributed by atoms with Crippen LogP contribution in [0.2, 0.25) is 0 Å². The Kier molecular flexibility index (Phi) is 14.0. The number of allylic oxidation sites excluding steroid dienone is 3. The van der Waals surface area contributed by atoms with Gasteiger partial charge in [-0.25, -0.2) is 0 Å². The third-order valence-electron chi connectivity index (χ3n) is 8.69. The molecule has 3 fully saturated rings. The maximum atomic E-state index is 11.3. The minimum atomic E-state index is -0.761. The highest BCUT2D eigenvalue weighted by Gasteiger charge is 2.39. The second-order valence-corrected chi connectivity index (χ2v) is 13.3. The van der Waals surface area contributed by atoms with Crippen LogP contribution in [0.5, 0.6) is 0 Å². The first kappa shape index (κ1) is 33.1. The van der Waals surface area contributed by atoms with Gasteiger partial charge in [-0.05, 0) is 107 Å². The predicted molar refractivity (Wildman–Crippen MR) is 157 cm³/mol. The molecule has 1 aliphatic carbocycles. The number of hydrogen-bond donors (Lipinski definition) is 2. The molecule has 7 heteroatoms. The fourth-order valence-corrected chi connectivity index (χ4v) is 5.91. The number of ether oxygens (including phenoxy) is 4. The summed E-state index contributed by atoms with van der Waals surface area (Å²) in [4.78, 5) is 10.7. The first-order chi connectivity index (χ1) is 19.1. The van der Waals surface area contributed by atoms with Gasteiger partial charge in [-0.1, -0.05) is 32.9 Å². The molecular formula is C33H56O7. The summed E-state index contributed by atoms with van der Waals surface area (Å²) in [5.74, 6) is 0.910. The molecule has 0 spiro atoms. The van der Waals surface area contributed by atoms with Gasteiger partial charge in [0.2, 0.25) is 0 Å². The van der Waals surface area contributed by atoms with Crippen molar-refractivity contribution in [3.8, 4) is 0 Å². The van der Waals surface area contributed by atoms with Crippen molar-refractivity contribution in [1.29, 1.82) is 0 Å². The Morgan fingerprint density at radius 3 is 2.48 bits per heavy atom. The Morgan fingerprint density at radius 2 is 1.80 bits per heavy atom. The zero-order valence-electron chi connectivity index (χ0n) is 25.4. The van der Waals surface area contributed by atoms with Crippen LogP contribution >= 0.6 is 0 Å². The third-order valence-corrected chi connectivity index (χ3v) is 8.69. The van der Waals surface area contributed by atoms with Crippen molar-refractivity contribution in [2.45, 2.75) is 142 Å². The van der Waals surface area contributed by atoms with E-state index in [0.717, 1.165) is 96.2 Å². The number of carboxylic acids is 1. The van der Waals surface area contributed by atoms with Crippen molar-refractivity contribution in [2.75, 3.05) is 19.8 Å². The van der Waals surface area contributed by atoms with Gasteiger partial charge in [0.05, 0.1) is 24.6 Å². The van der Waals surface area contributed by atoms with Crippen LogP contribution in [-0.2, 0) is 23.7 Å². The molecule has 2 unspecified atom stereocenters. The number of aliphatic carboxylic acids is 1. The molecule has 5 atom stereocenters. The molecule has 2 N–H and O–H groups in total. The number of hydrogen-bond acceptors (Lipinski definition) is 6. The maximum Gasteiger partial charge on any atom is 0.303 e. The second-order valence-electron chi connectivity index (χ2n) is 13.3. The second kappa shape index (κ2) is 16.9. The van der Waals surface area contributed by atoms with E-state index in [9.17, 15) is 9.90 Å². The summed E-state index contributed by atoms with van der Waals surface area (Å²) >= 11 is 0. The number of aliphatic hydroxyl groups is 1. The molecule has 0 aromatic heterocycles. The Hall–Kier alpha value is -1.41. The quantitative estimate of drug-likeness (QED) is 0.107. The summed E-state index contributed by atoms with van der Waals surface area (Å²) in [6, 6.07) is 0. The molecule has 3 aliphatic rings. The summed E-state index contributed by atoms with van der Waals surface area (Å²) in [6.45, 7) is 9.24. The van der Waals surface area contributed by atoms with Crippen molar-refractivity contribution < 1.29 is 34.0 Å². The maximum absolute atomic E-state index is 11.3. The minimum absolute atomic E-state index is 0.0219. The molecule has 3 rings (SSSR count). The number of carbonyl (C=O) groups is 1. The smallest absolute Gasteiger partial charge is 0.303 e. The lowest BCUT2D eigenvalue weighted by molar-refractivity contribution is -0.168. The van der Waals surface area contributed by atoms with E-state index in [4.69, 9.17) is 24.1 Å². The molecule has 7 nitrogen and oxygen atoms in total. The fraction of sp³-hybridized carbons (Fsp3) is 0.848. The lowest BCUT2D eigenvalue weighted by Crippen LogP contribution is -2.26. The molecule has 0 bridgehead atoms. The van der Waals surface area contributed by atoms with Crippen LogP contribution in [0, 0.1) is 17.3 Å². The normalized spacial score (nSPS) is 29.1. The van der Waals surface area contributed by atoms with Crippen molar-refractivity contribution in [1.82, 2.24) is 0 Å². The fourth-order valence-electron chi connectivity index (χ4n) is 5.91. The van der Waals surface area contributed by atoms with Crippen LogP contribution in [0.1, 0.15) is 124 Å². The van der Waals surface area contributed by atoms with Gasteiger partial charge in [-0.2, -0.15) is 0 Å². The van der Waals surface area contributed by atoms with E-state index >= 15 is 0 Å². The van der Waals surface area contributed by atoms with Crippen LogP contribution in [0.25, 0.3) is 0 Å². The molecule has 2 saturated heterocycles. The molecule has 40 heavy (non-hydrogen) atoms. The van der Waals surface area contributed by atoms with Crippen molar-refractivity contribution >= 4 is 5.97 Å².